The molecule has 8 aromatic carbocycles. The second-order valence-corrected chi connectivity index (χ2v) is 16.3. The van der Waals surface area contributed by atoms with Gasteiger partial charge in [0.05, 0.1) is 22.3 Å². The summed E-state index contributed by atoms with van der Waals surface area (Å²) in [5, 5.41) is 31.3. The first-order valence-electron chi connectivity index (χ1n) is 22.5. The van der Waals surface area contributed by atoms with Gasteiger partial charge in [-0.15, -0.1) is 12.8 Å². The maximum atomic E-state index is 13.3. The number of fused-ring (bicyclic) bond motifs is 2. The Morgan fingerprint density at radius 2 is 0.859 bits per heavy atom. The first kappa shape index (κ1) is 48.3. The normalized spacial score (nSPS) is 11.6. The maximum Gasteiger partial charge on any atom is 0.339 e. The second-order valence-electron chi connectivity index (χ2n) is 16.3. The number of nitrogens with one attached hydrogen (secondary N) is 2. The van der Waals surface area contributed by atoms with Crippen molar-refractivity contribution in [1.29, 1.82) is 0 Å². The van der Waals surface area contributed by atoms with Crippen molar-refractivity contribution >= 4 is 56.7 Å². The van der Waals surface area contributed by atoms with Crippen molar-refractivity contribution in [1.82, 2.24) is 0 Å². The van der Waals surface area contributed by atoms with Crippen LogP contribution in [0.4, 0.5) is 11.4 Å². The molecular weight excluding hydrogens is 897 g/mol. The molecule has 8 aromatic rings. The lowest BCUT2D eigenvalue weighted by Gasteiger charge is -2.20. The minimum atomic E-state index is -1.25. The van der Waals surface area contributed by atoms with Gasteiger partial charge in [0, 0.05) is 40.0 Å². The number of carbonyl (C=O) groups is 4. The van der Waals surface area contributed by atoms with Crippen molar-refractivity contribution in [2.75, 3.05) is 37.1 Å². The fourth-order valence-corrected chi connectivity index (χ4v) is 7.90. The summed E-state index contributed by atoms with van der Waals surface area (Å²) in [6.45, 7) is -1.34. The van der Waals surface area contributed by atoms with Gasteiger partial charge in [0.2, 0.25) is 0 Å². The fourth-order valence-electron chi connectivity index (χ4n) is 7.90. The molecule has 0 saturated heterocycles. The number of aliphatic hydroxyl groups is 2. The van der Waals surface area contributed by atoms with Gasteiger partial charge in [0.25, 0.3) is 11.8 Å². The topological polar surface area (TPSA) is 170 Å². The maximum absolute atomic E-state index is 13.3. The van der Waals surface area contributed by atoms with Crippen molar-refractivity contribution in [3.05, 3.63) is 214 Å². The van der Waals surface area contributed by atoms with Crippen molar-refractivity contribution in [3.8, 4) is 36.2 Å². The van der Waals surface area contributed by atoms with Crippen LogP contribution in [0.3, 0.4) is 0 Å². The van der Waals surface area contributed by atoms with Gasteiger partial charge in [-0.1, -0.05) is 109 Å². The van der Waals surface area contributed by atoms with Gasteiger partial charge < -0.3 is 39.8 Å². The average molecular weight is 943 g/mol. The summed E-state index contributed by atoms with van der Waals surface area (Å²) in [7, 11) is 0. The third-order valence-corrected chi connectivity index (χ3v) is 11.4. The van der Waals surface area contributed by atoms with E-state index >= 15 is 0 Å². The molecule has 0 bridgehead atoms. The molecule has 0 aliphatic heterocycles. The average Bonchev–Trinajstić information content (AvgIpc) is 3.41. The fraction of sp³-hybridized carbons (Fsp3) is 0.119. The predicted octanol–water partition coefficient (Wildman–Crippen LogP) is 9.24. The predicted molar refractivity (Wildman–Crippen MR) is 272 cm³/mol. The lowest BCUT2D eigenvalue weighted by atomic mass is 9.93. The number of hydrogen-bond donors (Lipinski definition) is 4. The van der Waals surface area contributed by atoms with Crippen LogP contribution in [-0.4, -0.2) is 72.6 Å². The van der Waals surface area contributed by atoms with Crippen LogP contribution in [0.2, 0.25) is 0 Å². The van der Waals surface area contributed by atoms with E-state index in [4.69, 9.17) is 31.8 Å². The number of hydrogen-bond acceptors (Lipinski definition) is 10. The Morgan fingerprint density at radius 3 is 1.28 bits per heavy atom. The highest BCUT2D eigenvalue weighted by atomic mass is 16.6. The summed E-state index contributed by atoms with van der Waals surface area (Å²) in [6.07, 6.45) is 8.80. The van der Waals surface area contributed by atoms with E-state index in [1.165, 1.54) is 24.3 Å². The molecule has 8 rings (SSSR count). The van der Waals surface area contributed by atoms with Crippen molar-refractivity contribution in [2.45, 2.75) is 18.6 Å². The van der Waals surface area contributed by atoms with E-state index in [9.17, 15) is 29.4 Å². The number of ether oxygens (including phenoxy) is 4. The molecule has 0 aromatic heterocycles. The molecule has 2 unspecified atom stereocenters. The van der Waals surface area contributed by atoms with E-state index in [2.05, 4.69) is 22.5 Å². The van der Waals surface area contributed by atoms with Gasteiger partial charge in [-0.3, -0.25) is 9.59 Å². The minimum Gasteiger partial charge on any atom is -0.490 e. The Kier molecular flexibility index (Phi) is 15.5. The Hall–Kier alpha value is -9.20. The zero-order chi connectivity index (χ0) is 49.7. The number of esters is 2. The Balaban J connectivity index is 0.935. The molecule has 0 aliphatic carbocycles. The van der Waals surface area contributed by atoms with E-state index in [0.717, 1.165) is 32.7 Å². The molecule has 12 nitrogen and oxygen atoms in total. The monoisotopic (exact) mass is 942 g/mol. The minimum absolute atomic E-state index is 0.0110. The molecule has 0 fully saturated rings. The van der Waals surface area contributed by atoms with E-state index < -0.39 is 49.2 Å². The first-order chi connectivity index (χ1) is 34.6. The highest BCUT2D eigenvalue weighted by Gasteiger charge is 2.23. The van der Waals surface area contributed by atoms with Gasteiger partial charge in [-0.2, -0.15) is 0 Å². The second kappa shape index (κ2) is 22.7. The molecular formula is C59H46N2O10. The summed E-state index contributed by atoms with van der Waals surface area (Å²) >= 11 is 0. The number of aliphatic hydroxyl groups excluding tert-OH is 2. The van der Waals surface area contributed by atoms with Crippen molar-refractivity contribution < 1.29 is 48.3 Å². The third kappa shape index (κ3) is 11.9. The number of amides is 2. The summed E-state index contributed by atoms with van der Waals surface area (Å²) in [5.74, 6) is 3.28. The van der Waals surface area contributed by atoms with Crippen LogP contribution in [0.15, 0.2) is 170 Å². The summed E-state index contributed by atoms with van der Waals surface area (Å²) in [4.78, 5) is 53.1. The van der Waals surface area contributed by atoms with Gasteiger partial charge in [0.15, 0.2) is 0 Å². The molecule has 0 saturated carbocycles. The molecule has 4 N–H and O–H groups in total. The molecule has 0 radical (unpaired) electrons. The SMILES string of the molecule is C#Cc1cccc(NC(=O)c2ccccc2C(=O)OCC(O)COc2ccc3ccccc3c2Cc2c(OCC(O)COC(=O)c3ccccc3C(=O)Nc3cccc(C#C)c3)ccc3ccccc23)c1. The van der Waals surface area contributed by atoms with Gasteiger partial charge in [-0.25, -0.2) is 9.59 Å². The zero-order valence-corrected chi connectivity index (χ0v) is 38.2. The molecule has 71 heavy (non-hydrogen) atoms. The number of terminal acetylenes is 2. The molecule has 352 valence electrons. The number of carbonyl (C=O) groups excluding carboxylic acids is 4. The van der Waals surface area contributed by atoms with Gasteiger partial charge >= 0.3 is 11.9 Å². The highest BCUT2D eigenvalue weighted by molar-refractivity contribution is 6.12. The van der Waals surface area contributed by atoms with Crippen LogP contribution < -0.4 is 20.1 Å². The molecule has 12 heteroatoms. The Bertz CT molecular complexity index is 3150. The van der Waals surface area contributed by atoms with Crippen LogP contribution >= 0.6 is 0 Å². The van der Waals surface area contributed by atoms with Crippen LogP contribution in [0, 0.1) is 24.7 Å². The molecule has 0 aliphatic rings. The zero-order valence-electron chi connectivity index (χ0n) is 38.2. The lowest BCUT2D eigenvalue weighted by molar-refractivity contribution is 0.0127. The summed E-state index contributed by atoms with van der Waals surface area (Å²) in [5.41, 5.74) is 3.82. The largest absolute Gasteiger partial charge is 0.490 e. The van der Waals surface area contributed by atoms with E-state index in [-0.39, 0.29) is 35.5 Å². The number of rotatable bonds is 18. The smallest absolute Gasteiger partial charge is 0.339 e. The van der Waals surface area contributed by atoms with Crippen LogP contribution in [-0.2, 0) is 15.9 Å². The molecule has 2 amide bonds. The summed E-state index contributed by atoms with van der Waals surface area (Å²) in [6, 6.07) is 48.9. The third-order valence-electron chi connectivity index (χ3n) is 11.4. The molecule has 0 heterocycles. The van der Waals surface area contributed by atoms with E-state index in [1.54, 1.807) is 72.8 Å². The van der Waals surface area contributed by atoms with Crippen molar-refractivity contribution in [2.24, 2.45) is 0 Å². The van der Waals surface area contributed by atoms with Crippen LogP contribution in [0.25, 0.3) is 21.5 Å². The quantitative estimate of drug-likeness (QED) is 0.0481. The molecule has 0 spiro atoms. The number of benzene rings is 8. The lowest BCUT2D eigenvalue weighted by Crippen LogP contribution is -2.26. The summed E-state index contributed by atoms with van der Waals surface area (Å²) < 4.78 is 23.6. The Morgan fingerprint density at radius 1 is 0.465 bits per heavy atom. The Labute approximate surface area is 409 Å². The molecule has 2 atom stereocenters. The highest BCUT2D eigenvalue weighted by Crippen LogP contribution is 2.36. The number of anilines is 2. The van der Waals surface area contributed by atoms with Crippen LogP contribution in [0.1, 0.15) is 63.7 Å². The van der Waals surface area contributed by atoms with Gasteiger partial charge in [0.1, 0.15) is 50.1 Å². The standard InChI is InChI=1S/C59H46N2O10/c1-3-38-15-13-19-42(31-38)60-56(64)48-23-9-11-25-50(48)58(66)70-36-44(62)34-68-54-29-27-40-17-5-7-21-46(40)52(54)33-53-47-22-8-6-18-41(47)28-30-55(53)69-35-45(63)37-71-59(67)51-26-12-10-24-49(51)57(65)61-43-20-14-16-39(4-2)32-43/h1-2,5-32,44-45,62-63H,33-37H2,(H,60,64)(H,61,65). The van der Waals surface area contributed by atoms with Gasteiger partial charge in [-0.05, 0) is 94.3 Å². The van der Waals surface area contributed by atoms with E-state index in [1.807, 2.05) is 72.8 Å². The van der Waals surface area contributed by atoms with Crippen LogP contribution in [0.5, 0.6) is 11.5 Å². The van der Waals surface area contributed by atoms with E-state index in [0.29, 0.717) is 40.4 Å². The van der Waals surface area contributed by atoms with Crippen molar-refractivity contribution in [3.63, 3.8) is 0 Å². The first-order valence-corrected chi connectivity index (χ1v) is 22.5.